The quantitative estimate of drug-likeness (QED) is 0.450. The lowest BCUT2D eigenvalue weighted by Crippen LogP contribution is -2.21. The van der Waals surface area contributed by atoms with Crippen molar-refractivity contribution in [3.05, 3.63) is 71.0 Å². The molecule has 166 valence electrons. The van der Waals surface area contributed by atoms with Gasteiger partial charge in [-0.15, -0.1) is 0 Å². The highest BCUT2D eigenvalue weighted by Crippen LogP contribution is 2.18. The van der Waals surface area contributed by atoms with Crippen LogP contribution >= 0.6 is 11.6 Å². The van der Waals surface area contributed by atoms with Gasteiger partial charge in [-0.25, -0.2) is 23.1 Å². The molecule has 0 aliphatic heterocycles. The van der Waals surface area contributed by atoms with Crippen LogP contribution in [-0.4, -0.2) is 30.2 Å². The van der Waals surface area contributed by atoms with Crippen LogP contribution in [-0.2, 0) is 19.6 Å². The van der Waals surface area contributed by atoms with Crippen LogP contribution in [0.25, 0.3) is 0 Å². The van der Waals surface area contributed by atoms with E-state index in [1.165, 1.54) is 24.3 Å². The van der Waals surface area contributed by atoms with Gasteiger partial charge in [0.05, 0.1) is 4.90 Å². The minimum Gasteiger partial charge on any atom is -0.326 e. The number of hydrogen-bond acceptors (Lipinski definition) is 6. The number of halogens is 1. The number of benzene rings is 2. The maximum atomic E-state index is 12.6. The van der Waals surface area contributed by atoms with Gasteiger partial charge >= 0.3 is 0 Å². The lowest BCUT2D eigenvalue weighted by Gasteiger charge is -2.10. The summed E-state index contributed by atoms with van der Waals surface area (Å²) in [5.74, 6) is -1.07. The van der Waals surface area contributed by atoms with Gasteiger partial charge in [-0.3, -0.25) is 9.59 Å². The standard InChI is InChI=1S/C21H20ClN5O4S/c1-13-11-14(2)24-21(23-13)27-32(30,31)18-9-7-17(8-10-18)26-20(29)12-19(28)25-16-5-3-15(22)4-6-16/h3-11H,12H2,1-2H3,(H,25,28)(H,26,29)(H,23,24,27). The summed E-state index contributed by atoms with van der Waals surface area (Å²) in [5.41, 5.74) is 2.12. The van der Waals surface area contributed by atoms with Crippen molar-refractivity contribution in [1.82, 2.24) is 9.97 Å². The van der Waals surface area contributed by atoms with Gasteiger partial charge in [0, 0.05) is 27.8 Å². The Morgan fingerprint density at radius 2 is 1.31 bits per heavy atom. The molecule has 9 nitrogen and oxygen atoms in total. The molecule has 3 rings (SSSR count). The summed E-state index contributed by atoms with van der Waals surface area (Å²) in [6.07, 6.45) is -0.408. The Bertz CT molecular complexity index is 1230. The van der Waals surface area contributed by atoms with Crippen molar-refractivity contribution < 1.29 is 18.0 Å². The average molecular weight is 474 g/mol. The number of aryl methyl sites for hydroxylation is 2. The van der Waals surface area contributed by atoms with Gasteiger partial charge in [0.2, 0.25) is 17.8 Å². The Labute approximate surface area is 190 Å². The van der Waals surface area contributed by atoms with Crippen LogP contribution in [0.15, 0.2) is 59.5 Å². The van der Waals surface area contributed by atoms with Crippen LogP contribution in [0, 0.1) is 13.8 Å². The number of nitrogens with one attached hydrogen (secondary N) is 3. The smallest absolute Gasteiger partial charge is 0.264 e. The molecule has 0 aliphatic carbocycles. The van der Waals surface area contributed by atoms with Crippen molar-refractivity contribution >= 4 is 50.8 Å². The number of carbonyl (C=O) groups excluding carboxylic acids is 2. The van der Waals surface area contributed by atoms with Crippen LogP contribution in [0.1, 0.15) is 17.8 Å². The van der Waals surface area contributed by atoms with Gasteiger partial charge in [-0.05, 0) is 68.4 Å². The average Bonchev–Trinajstić information content (AvgIpc) is 2.69. The molecule has 0 fully saturated rings. The van der Waals surface area contributed by atoms with E-state index in [9.17, 15) is 18.0 Å². The molecule has 11 heteroatoms. The van der Waals surface area contributed by atoms with Crippen molar-refractivity contribution in [2.24, 2.45) is 0 Å². The van der Waals surface area contributed by atoms with Crippen molar-refractivity contribution in [3.8, 4) is 0 Å². The highest BCUT2D eigenvalue weighted by molar-refractivity contribution is 7.92. The Morgan fingerprint density at radius 1 is 0.844 bits per heavy atom. The second-order valence-corrected chi connectivity index (χ2v) is 9.00. The van der Waals surface area contributed by atoms with Gasteiger partial charge in [0.25, 0.3) is 10.0 Å². The molecule has 0 atom stereocenters. The predicted octanol–water partition coefficient (Wildman–Crippen LogP) is 3.51. The van der Waals surface area contributed by atoms with Crippen LogP contribution < -0.4 is 15.4 Å². The van der Waals surface area contributed by atoms with Crippen LogP contribution in [0.5, 0.6) is 0 Å². The summed E-state index contributed by atoms with van der Waals surface area (Å²) in [7, 11) is -3.91. The van der Waals surface area contributed by atoms with E-state index in [0.717, 1.165) is 0 Å². The summed E-state index contributed by atoms with van der Waals surface area (Å²) in [5, 5.41) is 5.67. The zero-order valence-electron chi connectivity index (χ0n) is 17.2. The molecule has 0 aliphatic rings. The van der Waals surface area contributed by atoms with E-state index in [4.69, 9.17) is 11.6 Å². The van der Waals surface area contributed by atoms with E-state index in [1.807, 2.05) is 0 Å². The monoisotopic (exact) mass is 473 g/mol. The Balaban J connectivity index is 1.59. The summed E-state index contributed by atoms with van der Waals surface area (Å²) >= 11 is 5.79. The Kier molecular flexibility index (Phi) is 7.06. The van der Waals surface area contributed by atoms with Crippen LogP contribution in [0.2, 0.25) is 5.02 Å². The number of hydrogen-bond donors (Lipinski definition) is 3. The minimum absolute atomic E-state index is 0.0217. The van der Waals surface area contributed by atoms with E-state index in [-0.39, 0.29) is 10.8 Å². The third-order valence-electron chi connectivity index (χ3n) is 4.11. The first-order valence-electron chi connectivity index (χ1n) is 9.41. The molecule has 3 N–H and O–H groups in total. The fourth-order valence-electron chi connectivity index (χ4n) is 2.76. The third kappa shape index (κ3) is 6.50. The molecule has 2 aromatic carbocycles. The largest absolute Gasteiger partial charge is 0.326 e. The SMILES string of the molecule is Cc1cc(C)nc(NS(=O)(=O)c2ccc(NC(=O)CC(=O)Nc3ccc(Cl)cc3)cc2)n1. The lowest BCUT2D eigenvalue weighted by molar-refractivity contribution is -0.123. The first-order chi connectivity index (χ1) is 15.1. The highest BCUT2D eigenvalue weighted by Gasteiger charge is 2.17. The van der Waals surface area contributed by atoms with Crippen molar-refractivity contribution in [2.75, 3.05) is 15.4 Å². The first kappa shape index (κ1) is 23.2. The Hall–Kier alpha value is -3.50. The summed E-state index contributed by atoms with van der Waals surface area (Å²) in [4.78, 5) is 32.2. The number of anilines is 3. The summed E-state index contributed by atoms with van der Waals surface area (Å²) in [6, 6.07) is 13.7. The molecular weight excluding hydrogens is 454 g/mol. The molecule has 3 aromatic rings. The Morgan fingerprint density at radius 3 is 1.81 bits per heavy atom. The maximum absolute atomic E-state index is 12.6. The molecule has 2 amide bonds. The molecular formula is C21H20ClN5O4S. The lowest BCUT2D eigenvalue weighted by atomic mass is 10.3. The second kappa shape index (κ2) is 9.75. The van der Waals surface area contributed by atoms with E-state index < -0.39 is 28.3 Å². The number of sulfonamides is 1. The van der Waals surface area contributed by atoms with Gasteiger partial charge < -0.3 is 10.6 Å². The van der Waals surface area contributed by atoms with Gasteiger partial charge in [-0.2, -0.15) is 0 Å². The predicted molar refractivity (Wildman–Crippen MR) is 122 cm³/mol. The number of amides is 2. The van der Waals surface area contributed by atoms with E-state index in [0.29, 0.717) is 27.8 Å². The van der Waals surface area contributed by atoms with E-state index in [2.05, 4.69) is 25.3 Å². The van der Waals surface area contributed by atoms with Crippen LogP contribution in [0.3, 0.4) is 0 Å². The molecule has 1 heterocycles. The minimum atomic E-state index is -3.91. The number of aromatic nitrogens is 2. The van der Waals surface area contributed by atoms with Crippen molar-refractivity contribution in [2.45, 2.75) is 25.2 Å². The van der Waals surface area contributed by atoms with Crippen molar-refractivity contribution in [3.63, 3.8) is 0 Å². The normalized spacial score (nSPS) is 11.0. The van der Waals surface area contributed by atoms with Crippen LogP contribution in [0.4, 0.5) is 17.3 Å². The zero-order chi connectivity index (χ0) is 23.3. The molecule has 1 aromatic heterocycles. The number of rotatable bonds is 7. The summed E-state index contributed by atoms with van der Waals surface area (Å²) < 4.78 is 27.4. The summed E-state index contributed by atoms with van der Waals surface area (Å²) in [6.45, 7) is 3.47. The first-order valence-corrected chi connectivity index (χ1v) is 11.3. The highest BCUT2D eigenvalue weighted by atomic mass is 35.5. The van der Waals surface area contributed by atoms with E-state index in [1.54, 1.807) is 44.2 Å². The molecule has 32 heavy (non-hydrogen) atoms. The number of carbonyl (C=O) groups is 2. The van der Waals surface area contributed by atoms with Crippen molar-refractivity contribution in [1.29, 1.82) is 0 Å². The number of nitrogens with zero attached hydrogens (tertiary/aromatic N) is 2. The van der Waals surface area contributed by atoms with Gasteiger partial charge in [0.15, 0.2) is 0 Å². The molecule has 0 bridgehead atoms. The second-order valence-electron chi connectivity index (χ2n) is 6.88. The maximum Gasteiger partial charge on any atom is 0.264 e. The fraction of sp³-hybridized carbons (Fsp3) is 0.143. The molecule has 0 saturated heterocycles. The van der Waals surface area contributed by atoms with E-state index >= 15 is 0 Å². The van der Waals surface area contributed by atoms with Gasteiger partial charge in [0.1, 0.15) is 6.42 Å². The third-order valence-corrected chi connectivity index (χ3v) is 5.70. The molecule has 0 unspecified atom stereocenters. The molecule has 0 saturated carbocycles. The molecule has 0 radical (unpaired) electrons. The van der Waals surface area contributed by atoms with Gasteiger partial charge in [-0.1, -0.05) is 11.6 Å². The topological polar surface area (TPSA) is 130 Å². The fourth-order valence-corrected chi connectivity index (χ4v) is 3.83. The zero-order valence-corrected chi connectivity index (χ0v) is 18.8. The molecule has 0 spiro atoms.